The molecule has 43 heavy (non-hydrogen) atoms. The van der Waals surface area contributed by atoms with Crippen LogP contribution in [0.1, 0.15) is 76.1 Å². The lowest BCUT2D eigenvalue weighted by Crippen LogP contribution is -2.41. The van der Waals surface area contributed by atoms with Crippen LogP contribution in [0.25, 0.3) is 5.82 Å². The quantitative estimate of drug-likeness (QED) is 0.346. The highest BCUT2D eigenvalue weighted by Gasteiger charge is 2.41. The summed E-state index contributed by atoms with van der Waals surface area (Å²) in [6, 6.07) is 7.74. The van der Waals surface area contributed by atoms with Crippen LogP contribution in [-0.4, -0.2) is 64.4 Å². The number of hydrogen-bond donors (Lipinski definition) is 3. The first-order valence-corrected chi connectivity index (χ1v) is 16.4. The predicted octanol–water partition coefficient (Wildman–Crippen LogP) is 4.26. The number of aromatic hydroxyl groups is 1. The standard InChI is InChI=1S/C30H39N7O5S/c1-29(2)18-20-6-4-15-31-23-9-8-22(38)28(32-23)43(40,41)35-27(39)21-7-10-24(33-26(21)36(29)19-20)37-16-11-25(34-37)42-17-5-12-30(3)13-14-30/h7-11,16,20,38H,4-6,12-15,17-19H2,1-3H3,(H,31,32)(H,35,39)/t20-/m0/s1. The molecule has 230 valence electrons. The SMILES string of the molecule is CC1(CCCOc2ccn(-c3ccc4c(n3)N3C[C@@H](CCCNc5ccc(O)c(n5)S(=O)(=O)NC4=O)CC3(C)C)n2)CC1. The summed E-state index contributed by atoms with van der Waals surface area (Å²) in [6.45, 7) is 8.36. The molecular weight excluding hydrogens is 570 g/mol. The summed E-state index contributed by atoms with van der Waals surface area (Å²) in [7, 11) is -4.50. The van der Waals surface area contributed by atoms with Gasteiger partial charge in [-0.1, -0.05) is 6.92 Å². The Kier molecular flexibility index (Phi) is 7.47. The number of anilines is 2. The molecule has 3 aliphatic rings. The maximum atomic E-state index is 13.6. The third kappa shape index (κ3) is 6.27. The van der Waals surface area contributed by atoms with E-state index in [9.17, 15) is 18.3 Å². The van der Waals surface area contributed by atoms with Crippen LogP contribution in [0.2, 0.25) is 0 Å². The molecule has 2 fully saturated rings. The number of ether oxygens (including phenoxy) is 1. The fraction of sp³-hybridized carbons (Fsp3) is 0.533. The van der Waals surface area contributed by atoms with Crippen LogP contribution in [0, 0.1) is 11.3 Å². The van der Waals surface area contributed by atoms with Gasteiger partial charge in [0.05, 0.1) is 12.2 Å². The van der Waals surface area contributed by atoms with Crippen LogP contribution in [-0.2, 0) is 10.0 Å². The van der Waals surface area contributed by atoms with Crippen molar-refractivity contribution < 1.29 is 23.1 Å². The number of carbonyl (C=O) groups excluding carboxylic acids is 1. The number of nitrogens with one attached hydrogen (secondary N) is 2. The lowest BCUT2D eigenvalue weighted by Gasteiger charge is -2.34. The minimum atomic E-state index is -4.50. The number of amides is 1. The Morgan fingerprint density at radius 2 is 1.93 bits per heavy atom. The number of carbonyl (C=O) groups is 1. The van der Waals surface area contributed by atoms with Gasteiger partial charge in [0.25, 0.3) is 15.9 Å². The van der Waals surface area contributed by atoms with Gasteiger partial charge in [0.15, 0.2) is 11.6 Å². The first-order chi connectivity index (χ1) is 20.4. The molecule has 5 heterocycles. The van der Waals surface area contributed by atoms with E-state index in [2.05, 4.69) is 45.8 Å². The Morgan fingerprint density at radius 3 is 2.72 bits per heavy atom. The van der Waals surface area contributed by atoms with Crippen LogP contribution in [0.5, 0.6) is 11.6 Å². The molecular formula is C30H39N7O5S. The first-order valence-electron chi connectivity index (χ1n) is 14.9. The smallest absolute Gasteiger partial charge is 0.285 e. The molecule has 3 aromatic rings. The Hall–Kier alpha value is -3.87. The van der Waals surface area contributed by atoms with E-state index >= 15 is 0 Å². The summed E-state index contributed by atoms with van der Waals surface area (Å²) >= 11 is 0. The molecule has 0 radical (unpaired) electrons. The minimum absolute atomic E-state index is 0.0990. The third-order valence-corrected chi connectivity index (χ3v) is 10.1. The van der Waals surface area contributed by atoms with Gasteiger partial charge in [-0.05, 0) is 94.4 Å². The number of pyridine rings is 2. The van der Waals surface area contributed by atoms with Gasteiger partial charge >= 0.3 is 0 Å². The maximum Gasteiger partial charge on any atom is 0.285 e. The van der Waals surface area contributed by atoms with Crippen molar-refractivity contribution in [2.75, 3.05) is 29.9 Å². The van der Waals surface area contributed by atoms with Gasteiger partial charge in [-0.15, -0.1) is 5.10 Å². The molecule has 0 aromatic carbocycles. The summed E-state index contributed by atoms with van der Waals surface area (Å²) < 4.78 is 36.1. The average Bonchev–Trinajstić information content (AvgIpc) is 3.35. The van der Waals surface area contributed by atoms with Crippen LogP contribution < -0.4 is 19.7 Å². The first kappa shape index (κ1) is 29.2. The monoisotopic (exact) mass is 609 g/mol. The van der Waals surface area contributed by atoms with Gasteiger partial charge < -0.3 is 20.1 Å². The lowest BCUT2D eigenvalue weighted by molar-refractivity contribution is 0.0981. The van der Waals surface area contributed by atoms with Gasteiger partial charge in [0.2, 0.25) is 10.9 Å². The molecule has 1 atom stereocenters. The highest BCUT2D eigenvalue weighted by atomic mass is 32.2. The van der Waals surface area contributed by atoms with E-state index in [4.69, 9.17) is 9.72 Å². The van der Waals surface area contributed by atoms with Crippen molar-refractivity contribution in [2.45, 2.75) is 76.3 Å². The summed E-state index contributed by atoms with van der Waals surface area (Å²) in [5.74, 6) is 0.573. The molecule has 6 rings (SSSR count). The number of hydrogen-bond acceptors (Lipinski definition) is 10. The Morgan fingerprint density at radius 1 is 1.12 bits per heavy atom. The Labute approximate surface area is 251 Å². The van der Waals surface area contributed by atoms with Crippen molar-refractivity contribution >= 4 is 27.6 Å². The molecule has 2 aliphatic heterocycles. The molecule has 0 unspecified atom stereocenters. The number of sulfonamides is 1. The number of rotatable bonds is 6. The average molecular weight is 610 g/mol. The second-order valence-electron chi connectivity index (χ2n) is 12.9. The topological polar surface area (TPSA) is 152 Å². The molecule has 0 spiro atoms. The van der Waals surface area contributed by atoms with Gasteiger partial charge in [0.1, 0.15) is 11.6 Å². The van der Waals surface area contributed by atoms with E-state index in [0.29, 0.717) is 54.4 Å². The van der Waals surface area contributed by atoms with Crippen LogP contribution >= 0.6 is 0 Å². The summed E-state index contributed by atoms with van der Waals surface area (Å²) in [4.78, 5) is 24.6. The molecule has 1 saturated heterocycles. The molecule has 1 aliphatic carbocycles. The van der Waals surface area contributed by atoms with Crippen molar-refractivity contribution in [1.29, 1.82) is 0 Å². The molecule has 1 amide bonds. The van der Waals surface area contributed by atoms with Crippen LogP contribution in [0.4, 0.5) is 11.6 Å². The van der Waals surface area contributed by atoms with E-state index in [1.807, 2.05) is 0 Å². The molecule has 3 aromatic heterocycles. The Bertz CT molecular complexity index is 1630. The van der Waals surface area contributed by atoms with E-state index < -0.39 is 26.7 Å². The van der Waals surface area contributed by atoms with Gasteiger partial charge in [-0.2, -0.15) is 8.42 Å². The van der Waals surface area contributed by atoms with E-state index in [-0.39, 0.29) is 11.1 Å². The van der Waals surface area contributed by atoms with Crippen molar-refractivity contribution in [2.24, 2.45) is 11.3 Å². The molecule has 13 heteroatoms. The zero-order chi connectivity index (χ0) is 30.4. The second kappa shape index (κ2) is 11.0. The number of fused-ring (bicyclic) bond motifs is 6. The second-order valence-corrected chi connectivity index (χ2v) is 14.5. The van der Waals surface area contributed by atoms with E-state index in [1.165, 1.54) is 25.0 Å². The summed E-state index contributed by atoms with van der Waals surface area (Å²) in [5.41, 5.74) is 0.240. The largest absolute Gasteiger partial charge is 0.505 e. The number of aromatic nitrogens is 4. The molecule has 12 nitrogen and oxygen atoms in total. The van der Waals surface area contributed by atoms with Gasteiger partial charge in [0, 0.05) is 30.9 Å². The van der Waals surface area contributed by atoms with Crippen LogP contribution in [0.15, 0.2) is 41.6 Å². The maximum absolute atomic E-state index is 13.6. The zero-order valence-electron chi connectivity index (χ0n) is 24.8. The fourth-order valence-corrected chi connectivity index (χ4v) is 7.13. The van der Waals surface area contributed by atoms with Gasteiger partial charge in [-0.3, -0.25) is 4.79 Å². The third-order valence-electron chi connectivity index (χ3n) is 8.81. The van der Waals surface area contributed by atoms with E-state index in [0.717, 1.165) is 32.1 Å². The lowest BCUT2D eigenvalue weighted by atomic mass is 9.93. The van der Waals surface area contributed by atoms with Crippen molar-refractivity contribution in [3.63, 3.8) is 0 Å². The summed E-state index contributed by atoms with van der Waals surface area (Å²) in [6.07, 6.45) is 9.10. The van der Waals surface area contributed by atoms with Gasteiger partial charge in [-0.25, -0.2) is 19.4 Å². The van der Waals surface area contributed by atoms with Crippen molar-refractivity contribution in [1.82, 2.24) is 24.5 Å². The molecule has 1 saturated carbocycles. The normalized spacial score (nSPS) is 22.0. The van der Waals surface area contributed by atoms with Crippen molar-refractivity contribution in [3.8, 4) is 17.4 Å². The predicted molar refractivity (Wildman–Crippen MR) is 161 cm³/mol. The van der Waals surface area contributed by atoms with E-state index in [1.54, 1.807) is 29.1 Å². The highest BCUT2D eigenvalue weighted by Crippen LogP contribution is 2.48. The highest BCUT2D eigenvalue weighted by molar-refractivity contribution is 7.90. The number of nitrogens with zero attached hydrogens (tertiary/aromatic N) is 5. The zero-order valence-corrected chi connectivity index (χ0v) is 25.7. The minimum Gasteiger partial charge on any atom is -0.505 e. The van der Waals surface area contributed by atoms with Crippen LogP contribution in [0.3, 0.4) is 0 Å². The van der Waals surface area contributed by atoms with Crippen molar-refractivity contribution in [3.05, 3.63) is 42.1 Å². The molecule has 4 bridgehead atoms. The fourth-order valence-electron chi connectivity index (χ4n) is 6.11. The Balaban J connectivity index is 1.32. The summed E-state index contributed by atoms with van der Waals surface area (Å²) in [5, 5.41) is 17.4. The molecule has 3 N–H and O–H groups in total.